The lowest BCUT2D eigenvalue weighted by atomic mass is 9.74. The van der Waals surface area contributed by atoms with Crippen molar-refractivity contribution in [2.45, 2.75) is 45.6 Å². The minimum absolute atomic E-state index is 0.101. The first kappa shape index (κ1) is 18.4. The number of hydrogen-bond donors (Lipinski definition) is 0. The van der Waals surface area contributed by atoms with Crippen LogP contribution in [-0.4, -0.2) is 55.1 Å². The zero-order valence-electron chi connectivity index (χ0n) is 16.0. The van der Waals surface area contributed by atoms with Crippen molar-refractivity contribution in [3.05, 3.63) is 35.4 Å². The van der Waals surface area contributed by atoms with Gasteiger partial charge in [-0.15, -0.1) is 0 Å². The van der Waals surface area contributed by atoms with E-state index in [1.165, 1.54) is 11.1 Å². The molecule has 0 bridgehead atoms. The van der Waals surface area contributed by atoms with Gasteiger partial charge in [0, 0.05) is 39.7 Å². The zero-order valence-corrected chi connectivity index (χ0v) is 16.0. The standard InChI is InChI=1S/C21H32N2O2/c1-17(2)16-25-15-14-22-12-9-21(10-13-22)20-7-5-4-6-19(20)8-11-23(21)18(3)24/h4-7,17H,8-16H2,1-3H3. The molecule has 1 aromatic rings. The maximum absolute atomic E-state index is 12.3. The molecule has 2 heterocycles. The Morgan fingerprint density at radius 1 is 1.20 bits per heavy atom. The third kappa shape index (κ3) is 3.90. The highest BCUT2D eigenvalue weighted by Gasteiger charge is 2.45. The molecule has 0 radical (unpaired) electrons. The Bertz CT molecular complexity index is 591. The number of amides is 1. The molecule has 0 aliphatic carbocycles. The Kier molecular flexibility index (Phi) is 5.80. The van der Waals surface area contributed by atoms with Gasteiger partial charge in [0.15, 0.2) is 0 Å². The van der Waals surface area contributed by atoms with Crippen molar-refractivity contribution in [3.63, 3.8) is 0 Å². The van der Waals surface area contributed by atoms with Crippen LogP contribution < -0.4 is 0 Å². The third-order valence-corrected chi connectivity index (χ3v) is 5.71. The van der Waals surface area contributed by atoms with Gasteiger partial charge in [-0.2, -0.15) is 0 Å². The molecule has 0 saturated carbocycles. The topological polar surface area (TPSA) is 32.8 Å². The maximum Gasteiger partial charge on any atom is 0.220 e. The van der Waals surface area contributed by atoms with Gasteiger partial charge in [0.1, 0.15) is 0 Å². The fourth-order valence-electron chi connectivity index (χ4n) is 4.44. The molecular weight excluding hydrogens is 312 g/mol. The second-order valence-electron chi connectivity index (χ2n) is 7.92. The molecule has 4 heteroatoms. The molecule has 0 N–H and O–H groups in total. The highest BCUT2D eigenvalue weighted by molar-refractivity contribution is 5.75. The smallest absolute Gasteiger partial charge is 0.220 e. The summed E-state index contributed by atoms with van der Waals surface area (Å²) < 4.78 is 5.74. The fraction of sp³-hybridized carbons (Fsp3) is 0.667. The van der Waals surface area contributed by atoms with Crippen LogP contribution in [0.1, 0.15) is 44.7 Å². The SMILES string of the molecule is CC(=O)N1CCc2ccccc2C12CCN(CCOCC(C)C)CC2. The lowest BCUT2D eigenvalue weighted by Gasteiger charge is -2.52. The summed E-state index contributed by atoms with van der Waals surface area (Å²) in [5.74, 6) is 0.802. The van der Waals surface area contributed by atoms with E-state index >= 15 is 0 Å². The van der Waals surface area contributed by atoms with E-state index in [0.717, 1.165) is 58.7 Å². The summed E-state index contributed by atoms with van der Waals surface area (Å²) in [5, 5.41) is 0. The van der Waals surface area contributed by atoms with Crippen LogP contribution in [0.2, 0.25) is 0 Å². The number of rotatable bonds is 5. The Hall–Kier alpha value is -1.39. The normalized spacial score (nSPS) is 20.1. The molecule has 1 spiro atoms. The molecule has 4 nitrogen and oxygen atoms in total. The summed E-state index contributed by atoms with van der Waals surface area (Å²) >= 11 is 0. The van der Waals surface area contributed by atoms with Gasteiger partial charge < -0.3 is 14.5 Å². The molecular formula is C21H32N2O2. The minimum Gasteiger partial charge on any atom is -0.380 e. The first-order valence-electron chi connectivity index (χ1n) is 9.69. The molecule has 1 fully saturated rings. The van der Waals surface area contributed by atoms with Gasteiger partial charge in [-0.1, -0.05) is 38.1 Å². The maximum atomic E-state index is 12.3. The summed E-state index contributed by atoms with van der Waals surface area (Å²) in [7, 11) is 0. The number of carbonyl (C=O) groups excluding carboxylic acids is 1. The summed E-state index contributed by atoms with van der Waals surface area (Å²) in [5.41, 5.74) is 2.71. The van der Waals surface area contributed by atoms with Crippen LogP contribution in [0, 0.1) is 5.92 Å². The van der Waals surface area contributed by atoms with Gasteiger partial charge in [0.2, 0.25) is 5.91 Å². The van der Waals surface area contributed by atoms with Gasteiger partial charge in [0.05, 0.1) is 12.1 Å². The average molecular weight is 344 g/mol. The number of ether oxygens (including phenoxy) is 1. The van der Waals surface area contributed by atoms with E-state index in [1.807, 2.05) is 0 Å². The second kappa shape index (κ2) is 7.88. The van der Waals surface area contributed by atoms with Crippen LogP contribution in [-0.2, 0) is 21.5 Å². The van der Waals surface area contributed by atoms with E-state index in [0.29, 0.717) is 5.92 Å². The molecule has 1 aromatic carbocycles. The lowest BCUT2D eigenvalue weighted by molar-refractivity contribution is -0.139. The van der Waals surface area contributed by atoms with E-state index in [4.69, 9.17) is 4.74 Å². The van der Waals surface area contributed by atoms with Crippen LogP contribution in [0.25, 0.3) is 0 Å². The molecule has 2 aliphatic heterocycles. The number of nitrogens with zero attached hydrogens (tertiary/aromatic N) is 2. The molecule has 2 aliphatic rings. The van der Waals surface area contributed by atoms with Crippen molar-refractivity contribution in [1.29, 1.82) is 0 Å². The number of carbonyl (C=O) groups is 1. The van der Waals surface area contributed by atoms with E-state index in [1.54, 1.807) is 6.92 Å². The summed E-state index contributed by atoms with van der Waals surface area (Å²) in [6, 6.07) is 8.72. The van der Waals surface area contributed by atoms with Gasteiger partial charge in [0.25, 0.3) is 0 Å². The van der Waals surface area contributed by atoms with Crippen molar-refractivity contribution >= 4 is 5.91 Å². The van der Waals surface area contributed by atoms with Crippen molar-refractivity contribution < 1.29 is 9.53 Å². The Morgan fingerprint density at radius 3 is 2.60 bits per heavy atom. The quantitative estimate of drug-likeness (QED) is 0.770. The van der Waals surface area contributed by atoms with Crippen molar-refractivity contribution in [2.75, 3.05) is 39.4 Å². The van der Waals surface area contributed by atoms with E-state index in [-0.39, 0.29) is 11.4 Å². The molecule has 3 rings (SSSR count). The number of likely N-dealkylation sites (tertiary alicyclic amines) is 1. The van der Waals surface area contributed by atoms with Crippen LogP contribution in [0.5, 0.6) is 0 Å². The van der Waals surface area contributed by atoms with Gasteiger partial charge in [-0.25, -0.2) is 0 Å². The van der Waals surface area contributed by atoms with Crippen molar-refractivity contribution in [3.8, 4) is 0 Å². The summed E-state index contributed by atoms with van der Waals surface area (Å²) in [4.78, 5) is 17.0. The third-order valence-electron chi connectivity index (χ3n) is 5.71. The fourth-order valence-corrected chi connectivity index (χ4v) is 4.44. The molecule has 0 aromatic heterocycles. The van der Waals surface area contributed by atoms with Gasteiger partial charge >= 0.3 is 0 Å². The van der Waals surface area contributed by atoms with Crippen LogP contribution in [0.15, 0.2) is 24.3 Å². The molecule has 25 heavy (non-hydrogen) atoms. The Morgan fingerprint density at radius 2 is 1.92 bits per heavy atom. The van der Waals surface area contributed by atoms with Crippen molar-refractivity contribution in [2.24, 2.45) is 5.92 Å². The number of benzene rings is 1. The van der Waals surface area contributed by atoms with E-state index in [9.17, 15) is 4.79 Å². The zero-order chi connectivity index (χ0) is 17.9. The first-order chi connectivity index (χ1) is 12.0. The predicted molar refractivity (Wildman–Crippen MR) is 101 cm³/mol. The second-order valence-corrected chi connectivity index (χ2v) is 7.92. The molecule has 0 unspecified atom stereocenters. The average Bonchev–Trinajstić information content (AvgIpc) is 2.60. The largest absolute Gasteiger partial charge is 0.380 e. The summed E-state index contributed by atoms with van der Waals surface area (Å²) in [6.45, 7) is 11.6. The minimum atomic E-state index is -0.101. The van der Waals surface area contributed by atoms with Crippen LogP contribution in [0.3, 0.4) is 0 Å². The first-order valence-corrected chi connectivity index (χ1v) is 9.69. The van der Waals surface area contributed by atoms with E-state index < -0.39 is 0 Å². The van der Waals surface area contributed by atoms with Crippen LogP contribution >= 0.6 is 0 Å². The van der Waals surface area contributed by atoms with Gasteiger partial charge in [-0.05, 0) is 36.3 Å². The highest BCUT2D eigenvalue weighted by atomic mass is 16.5. The molecule has 1 saturated heterocycles. The van der Waals surface area contributed by atoms with Crippen molar-refractivity contribution in [1.82, 2.24) is 9.80 Å². The summed E-state index contributed by atoms with van der Waals surface area (Å²) in [6.07, 6.45) is 3.02. The highest BCUT2D eigenvalue weighted by Crippen LogP contribution is 2.43. The van der Waals surface area contributed by atoms with E-state index in [2.05, 4.69) is 47.9 Å². The van der Waals surface area contributed by atoms with Gasteiger partial charge in [-0.3, -0.25) is 4.79 Å². The molecule has 0 atom stereocenters. The number of piperidine rings is 1. The predicted octanol–water partition coefficient (Wildman–Crippen LogP) is 3.05. The Balaban J connectivity index is 1.68. The number of fused-ring (bicyclic) bond motifs is 2. The lowest BCUT2D eigenvalue weighted by Crippen LogP contribution is -2.57. The Labute approximate surface area is 152 Å². The van der Waals surface area contributed by atoms with Crippen LogP contribution in [0.4, 0.5) is 0 Å². The monoisotopic (exact) mass is 344 g/mol. The molecule has 1 amide bonds. The number of hydrogen-bond acceptors (Lipinski definition) is 3. The molecule has 138 valence electrons.